The minimum absolute atomic E-state index is 0.326. The average molecular weight is 429 g/mol. The monoisotopic (exact) mass is 428 g/mol. The van der Waals surface area contributed by atoms with Crippen LogP contribution in [0.2, 0.25) is 0 Å². The molecule has 1 N–H and O–H groups in total. The van der Waals surface area contributed by atoms with Crippen LogP contribution in [0.5, 0.6) is 0 Å². The van der Waals surface area contributed by atoms with Crippen molar-refractivity contribution in [2.24, 2.45) is 0 Å². The summed E-state index contributed by atoms with van der Waals surface area (Å²) in [5, 5.41) is 28.0. The summed E-state index contributed by atoms with van der Waals surface area (Å²) in [6.07, 6.45) is 0. The lowest BCUT2D eigenvalue weighted by Crippen LogP contribution is -2.17. The van der Waals surface area contributed by atoms with Crippen molar-refractivity contribution in [3.05, 3.63) is 84.3 Å². The van der Waals surface area contributed by atoms with Gasteiger partial charge in [0.2, 0.25) is 0 Å². The molecule has 0 unspecified atom stereocenters. The molecule has 0 saturated carbocycles. The predicted molar refractivity (Wildman–Crippen MR) is 91.8 cm³/mol. The van der Waals surface area contributed by atoms with E-state index < -0.39 is 38.0 Å². The zero-order valence-electron chi connectivity index (χ0n) is 13.8. The lowest BCUT2D eigenvalue weighted by Gasteiger charge is -1.99. The molecule has 1 aromatic heterocycles. The van der Waals surface area contributed by atoms with Gasteiger partial charge in [0.25, 0.3) is 16.6 Å². The highest BCUT2D eigenvalue weighted by Crippen LogP contribution is 2.19. The Morgan fingerprint density at radius 1 is 1.03 bits per heavy atom. The standard InChI is InChI=1S/C7H3ClFNO3.C7H4FN5O3/c8-7(11)5-3-4(10(12)13)1-2-6(5)9;8-5-2-1-4(13(15)16)3-6(5)12-7(14)9-10-11-12/h1-3H;1-3H,(H,9,11,14). The van der Waals surface area contributed by atoms with Gasteiger partial charge in [0.15, 0.2) is 0 Å². The van der Waals surface area contributed by atoms with Gasteiger partial charge in [-0.05, 0) is 34.2 Å². The van der Waals surface area contributed by atoms with Crippen molar-refractivity contribution >= 4 is 28.2 Å². The molecular formula is C14H7ClF2N6O6. The lowest BCUT2D eigenvalue weighted by molar-refractivity contribution is -0.385. The molecule has 0 spiro atoms. The zero-order valence-corrected chi connectivity index (χ0v) is 14.5. The van der Waals surface area contributed by atoms with Crippen molar-refractivity contribution in [2.75, 3.05) is 0 Å². The summed E-state index contributed by atoms with van der Waals surface area (Å²) >= 11 is 4.98. The van der Waals surface area contributed by atoms with Crippen LogP contribution in [-0.2, 0) is 0 Å². The minimum atomic E-state index is -1.05. The van der Waals surface area contributed by atoms with Crippen LogP contribution in [0, 0.1) is 31.9 Å². The molecule has 0 saturated heterocycles. The molecule has 0 aliphatic carbocycles. The number of nitro benzene ring substituents is 2. The van der Waals surface area contributed by atoms with E-state index in [0.29, 0.717) is 4.68 Å². The first-order valence-corrected chi connectivity index (χ1v) is 7.58. The van der Waals surface area contributed by atoms with Crippen molar-refractivity contribution < 1.29 is 23.4 Å². The zero-order chi connectivity index (χ0) is 21.7. The molecule has 3 rings (SSSR count). The predicted octanol–water partition coefficient (Wildman–Crippen LogP) is 2.12. The van der Waals surface area contributed by atoms with Gasteiger partial charge in [-0.15, -0.1) is 0 Å². The smallest absolute Gasteiger partial charge is 0.275 e. The highest BCUT2D eigenvalue weighted by molar-refractivity contribution is 6.67. The molecular weight excluding hydrogens is 422 g/mol. The van der Waals surface area contributed by atoms with Gasteiger partial charge in [0.1, 0.15) is 17.3 Å². The summed E-state index contributed by atoms with van der Waals surface area (Å²) in [6, 6.07) is 5.36. The number of tetrazole rings is 1. The van der Waals surface area contributed by atoms with Crippen LogP contribution in [0.1, 0.15) is 10.4 Å². The van der Waals surface area contributed by atoms with Crippen LogP contribution >= 0.6 is 11.6 Å². The van der Waals surface area contributed by atoms with E-state index >= 15 is 0 Å². The van der Waals surface area contributed by atoms with Gasteiger partial charge in [-0.2, -0.15) is 4.68 Å². The quantitative estimate of drug-likeness (QED) is 0.374. The fourth-order valence-electron chi connectivity index (χ4n) is 1.91. The van der Waals surface area contributed by atoms with Crippen LogP contribution < -0.4 is 5.69 Å². The maximum atomic E-state index is 13.3. The van der Waals surface area contributed by atoms with Gasteiger partial charge in [0, 0.05) is 24.3 Å². The maximum Gasteiger partial charge on any atom is 0.365 e. The first kappa shape index (κ1) is 21.2. The molecule has 0 amide bonds. The molecule has 0 fully saturated rings. The number of halogens is 3. The van der Waals surface area contributed by atoms with E-state index in [1.807, 2.05) is 5.10 Å². The highest BCUT2D eigenvalue weighted by atomic mass is 35.5. The molecule has 15 heteroatoms. The van der Waals surface area contributed by atoms with E-state index in [1.165, 1.54) is 0 Å². The summed E-state index contributed by atoms with van der Waals surface area (Å²) in [5.41, 5.74) is -2.31. The normalized spacial score (nSPS) is 10.0. The number of hydrogen-bond acceptors (Lipinski definition) is 8. The average Bonchev–Trinajstić information content (AvgIpc) is 3.08. The Morgan fingerprint density at radius 3 is 2.07 bits per heavy atom. The van der Waals surface area contributed by atoms with Gasteiger partial charge >= 0.3 is 5.69 Å². The Hall–Kier alpha value is -4.07. The minimum Gasteiger partial charge on any atom is -0.275 e. The van der Waals surface area contributed by atoms with Gasteiger partial charge < -0.3 is 0 Å². The number of aromatic nitrogens is 4. The van der Waals surface area contributed by atoms with Crippen LogP contribution in [0.15, 0.2) is 41.2 Å². The van der Waals surface area contributed by atoms with E-state index in [9.17, 15) is 38.6 Å². The van der Waals surface area contributed by atoms with Gasteiger partial charge in [-0.25, -0.2) is 18.7 Å². The molecule has 150 valence electrons. The topological polar surface area (TPSA) is 167 Å². The molecule has 12 nitrogen and oxygen atoms in total. The van der Waals surface area contributed by atoms with Crippen LogP contribution in [0.3, 0.4) is 0 Å². The number of nitro groups is 2. The second-order valence-corrected chi connectivity index (χ2v) is 5.35. The molecule has 0 aliphatic rings. The number of H-pyrrole nitrogens is 1. The number of non-ortho nitro benzene ring substituents is 2. The van der Waals surface area contributed by atoms with Crippen LogP contribution in [0.25, 0.3) is 5.69 Å². The second kappa shape index (κ2) is 8.75. The number of carbonyl (C=O) groups is 1. The fourth-order valence-corrected chi connectivity index (χ4v) is 2.05. The Kier molecular flexibility index (Phi) is 6.40. The van der Waals surface area contributed by atoms with Crippen LogP contribution in [0.4, 0.5) is 20.2 Å². The van der Waals surface area contributed by atoms with Gasteiger partial charge in [-0.3, -0.25) is 25.0 Å². The summed E-state index contributed by atoms with van der Waals surface area (Å²) in [6.45, 7) is 0. The van der Waals surface area contributed by atoms with Crippen LogP contribution in [-0.4, -0.2) is 35.3 Å². The summed E-state index contributed by atoms with van der Waals surface area (Å²) in [4.78, 5) is 40.9. The SMILES string of the molecule is O=C(Cl)c1cc([N+](=O)[O-])ccc1F.O=c1[nH]nnn1-c1cc([N+](=O)[O-])ccc1F. The molecule has 2 aromatic carbocycles. The number of nitrogens with one attached hydrogen (secondary N) is 1. The Bertz CT molecular complexity index is 1160. The third kappa shape index (κ3) is 5.01. The lowest BCUT2D eigenvalue weighted by atomic mass is 10.2. The third-order valence-corrected chi connectivity index (χ3v) is 3.42. The Morgan fingerprint density at radius 2 is 1.59 bits per heavy atom. The number of aromatic amines is 1. The number of benzene rings is 2. The molecule has 3 aromatic rings. The van der Waals surface area contributed by atoms with Crippen molar-refractivity contribution in [3.8, 4) is 5.69 Å². The van der Waals surface area contributed by atoms with E-state index in [4.69, 9.17) is 11.6 Å². The molecule has 0 aliphatic heterocycles. The van der Waals surface area contributed by atoms with Gasteiger partial charge in [0.05, 0.1) is 15.4 Å². The van der Waals surface area contributed by atoms with Crippen molar-refractivity contribution in [1.29, 1.82) is 0 Å². The highest BCUT2D eigenvalue weighted by Gasteiger charge is 2.15. The van der Waals surface area contributed by atoms with E-state index in [1.54, 1.807) is 0 Å². The largest absolute Gasteiger partial charge is 0.365 e. The van der Waals surface area contributed by atoms with Crippen molar-refractivity contribution in [3.63, 3.8) is 0 Å². The number of carbonyl (C=O) groups excluding carboxylic acids is 1. The van der Waals surface area contributed by atoms with E-state index in [-0.39, 0.29) is 17.1 Å². The van der Waals surface area contributed by atoms with E-state index in [0.717, 1.165) is 36.4 Å². The molecule has 0 atom stereocenters. The summed E-state index contributed by atoms with van der Waals surface area (Å²) in [5.74, 6) is -1.67. The van der Waals surface area contributed by atoms with E-state index in [2.05, 4.69) is 10.4 Å². The Labute approximate surface area is 162 Å². The molecule has 29 heavy (non-hydrogen) atoms. The van der Waals surface area contributed by atoms with Crippen molar-refractivity contribution in [2.45, 2.75) is 0 Å². The fraction of sp³-hybridized carbons (Fsp3) is 0. The number of hydrogen-bond donors (Lipinski definition) is 1. The molecule has 0 bridgehead atoms. The first-order chi connectivity index (χ1) is 13.6. The summed E-state index contributed by atoms with van der Waals surface area (Å²) in [7, 11) is 0. The van der Waals surface area contributed by atoms with Crippen molar-refractivity contribution in [1.82, 2.24) is 20.2 Å². The number of nitrogens with zero attached hydrogens (tertiary/aromatic N) is 5. The maximum absolute atomic E-state index is 13.3. The third-order valence-electron chi connectivity index (χ3n) is 3.21. The number of rotatable bonds is 4. The second-order valence-electron chi connectivity index (χ2n) is 5.01. The van der Waals surface area contributed by atoms with Gasteiger partial charge in [-0.1, -0.05) is 0 Å². The summed E-state index contributed by atoms with van der Waals surface area (Å²) < 4.78 is 26.7. The molecule has 0 radical (unpaired) electrons. The Balaban J connectivity index is 0.000000212. The molecule has 1 heterocycles. The first-order valence-electron chi connectivity index (χ1n) is 7.20.